The van der Waals surface area contributed by atoms with Crippen LogP contribution < -0.4 is 5.32 Å². The van der Waals surface area contributed by atoms with E-state index >= 15 is 0 Å². The minimum absolute atomic E-state index is 0.0172. The van der Waals surface area contributed by atoms with Crippen LogP contribution in [-0.2, 0) is 11.2 Å². The molecular weight excluding hydrogens is 284 g/mol. The Bertz CT molecular complexity index is 461. The summed E-state index contributed by atoms with van der Waals surface area (Å²) in [4.78, 5) is 12.0. The van der Waals surface area contributed by atoms with Crippen LogP contribution >= 0.6 is 11.6 Å². The van der Waals surface area contributed by atoms with E-state index in [4.69, 9.17) is 11.6 Å². The van der Waals surface area contributed by atoms with Crippen LogP contribution in [0.4, 0.5) is 8.78 Å². The normalized spacial score (nSPS) is 22.6. The van der Waals surface area contributed by atoms with Gasteiger partial charge in [0.05, 0.1) is 6.42 Å². The molecule has 20 heavy (non-hydrogen) atoms. The number of nitrogens with one attached hydrogen (secondary N) is 1. The third-order valence-corrected chi connectivity index (χ3v) is 4.25. The zero-order chi connectivity index (χ0) is 14.5. The highest BCUT2D eigenvalue weighted by Crippen LogP contribution is 2.25. The number of amides is 1. The van der Waals surface area contributed by atoms with E-state index < -0.39 is 11.6 Å². The smallest absolute Gasteiger partial charge is 0.224 e. The molecule has 0 heterocycles. The summed E-state index contributed by atoms with van der Waals surface area (Å²) in [7, 11) is 0. The average molecular weight is 302 g/mol. The number of carbonyl (C=O) groups excluding carboxylic acids is 1. The van der Waals surface area contributed by atoms with Gasteiger partial charge in [0.2, 0.25) is 5.91 Å². The van der Waals surface area contributed by atoms with Crippen LogP contribution in [-0.4, -0.2) is 17.8 Å². The molecule has 1 aromatic rings. The molecule has 5 heteroatoms. The van der Waals surface area contributed by atoms with Gasteiger partial charge in [0.1, 0.15) is 11.6 Å². The summed E-state index contributed by atoms with van der Waals surface area (Å²) >= 11 is 5.90. The summed E-state index contributed by atoms with van der Waals surface area (Å²) in [6, 6.07) is 3.63. The topological polar surface area (TPSA) is 29.1 Å². The van der Waals surface area contributed by atoms with Gasteiger partial charge >= 0.3 is 0 Å². The van der Waals surface area contributed by atoms with Crippen LogP contribution in [0.2, 0.25) is 0 Å². The summed E-state index contributed by atoms with van der Waals surface area (Å²) in [6.07, 6.45) is 3.76. The maximum Gasteiger partial charge on any atom is 0.224 e. The predicted octanol–water partition coefficient (Wildman–Crippen LogP) is 3.42. The Morgan fingerprint density at radius 2 is 1.90 bits per heavy atom. The number of alkyl halides is 1. The number of rotatable bonds is 4. The molecule has 1 amide bonds. The molecule has 1 aromatic carbocycles. The van der Waals surface area contributed by atoms with E-state index in [0.717, 1.165) is 37.8 Å². The van der Waals surface area contributed by atoms with Crippen molar-refractivity contribution in [3.05, 3.63) is 35.4 Å². The van der Waals surface area contributed by atoms with E-state index in [9.17, 15) is 13.6 Å². The van der Waals surface area contributed by atoms with Crippen LogP contribution in [0.1, 0.15) is 31.2 Å². The first-order valence-electron chi connectivity index (χ1n) is 6.90. The van der Waals surface area contributed by atoms with E-state index in [0.29, 0.717) is 5.88 Å². The summed E-state index contributed by atoms with van der Waals surface area (Å²) in [5, 5.41) is 2.87. The average Bonchev–Trinajstić information content (AvgIpc) is 2.44. The molecule has 0 spiro atoms. The first-order valence-corrected chi connectivity index (χ1v) is 7.43. The van der Waals surface area contributed by atoms with E-state index in [1.165, 1.54) is 6.07 Å². The molecule has 0 bridgehead atoms. The number of benzene rings is 1. The molecule has 2 unspecified atom stereocenters. The molecule has 1 aliphatic carbocycles. The second-order valence-electron chi connectivity index (χ2n) is 5.25. The van der Waals surface area contributed by atoms with E-state index in [2.05, 4.69) is 5.32 Å². The summed E-state index contributed by atoms with van der Waals surface area (Å²) < 4.78 is 27.0. The van der Waals surface area contributed by atoms with Crippen molar-refractivity contribution < 1.29 is 13.6 Å². The summed E-state index contributed by atoms with van der Waals surface area (Å²) in [5.41, 5.74) is -0.178. The van der Waals surface area contributed by atoms with E-state index in [1.54, 1.807) is 0 Å². The van der Waals surface area contributed by atoms with Gasteiger partial charge in [0, 0.05) is 17.5 Å². The first kappa shape index (κ1) is 15.2. The predicted molar refractivity (Wildman–Crippen MR) is 74.7 cm³/mol. The lowest BCUT2D eigenvalue weighted by Crippen LogP contribution is -2.43. The number of carbonyl (C=O) groups is 1. The molecule has 1 N–H and O–H groups in total. The minimum atomic E-state index is -0.683. The Kier molecular flexibility index (Phi) is 5.35. The SMILES string of the molecule is O=C(Cc1c(F)cccc1F)NC1CCCCC1CCl. The highest BCUT2D eigenvalue weighted by molar-refractivity contribution is 6.18. The molecule has 0 saturated heterocycles. The first-order chi connectivity index (χ1) is 9.61. The lowest BCUT2D eigenvalue weighted by molar-refractivity contribution is -0.121. The van der Waals surface area contributed by atoms with Crippen molar-refractivity contribution in [2.24, 2.45) is 5.92 Å². The lowest BCUT2D eigenvalue weighted by atomic mass is 9.85. The van der Waals surface area contributed by atoms with Gasteiger partial charge in [-0.25, -0.2) is 8.78 Å². The van der Waals surface area contributed by atoms with Gasteiger partial charge in [0.15, 0.2) is 0 Å². The minimum Gasteiger partial charge on any atom is -0.353 e. The van der Waals surface area contributed by atoms with Crippen LogP contribution in [0.3, 0.4) is 0 Å². The van der Waals surface area contributed by atoms with Crippen molar-refractivity contribution in [2.75, 3.05) is 5.88 Å². The fraction of sp³-hybridized carbons (Fsp3) is 0.533. The van der Waals surface area contributed by atoms with Crippen molar-refractivity contribution in [1.82, 2.24) is 5.32 Å². The van der Waals surface area contributed by atoms with Crippen molar-refractivity contribution in [3.63, 3.8) is 0 Å². The molecule has 0 aliphatic heterocycles. The number of hydrogen-bond donors (Lipinski definition) is 1. The molecule has 1 aliphatic rings. The van der Waals surface area contributed by atoms with Crippen molar-refractivity contribution in [2.45, 2.75) is 38.1 Å². The second kappa shape index (κ2) is 7.02. The highest BCUT2D eigenvalue weighted by Gasteiger charge is 2.26. The summed E-state index contributed by atoms with van der Waals surface area (Å²) in [6.45, 7) is 0. The lowest BCUT2D eigenvalue weighted by Gasteiger charge is -2.30. The van der Waals surface area contributed by atoms with Gasteiger partial charge in [-0.2, -0.15) is 0 Å². The van der Waals surface area contributed by atoms with E-state index in [-0.39, 0.29) is 29.9 Å². The maximum absolute atomic E-state index is 13.5. The Labute approximate surface area is 122 Å². The Balaban J connectivity index is 1.98. The molecule has 2 atom stereocenters. The maximum atomic E-state index is 13.5. The van der Waals surface area contributed by atoms with Crippen molar-refractivity contribution in [3.8, 4) is 0 Å². The molecule has 2 nitrogen and oxygen atoms in total. The zero-order valence-electron chi connectivity index (χ0n) is 11.2. The quantitative estimate of drug-likeness (QED) is 0.848. The Morgan fingerprint density at radius 3 is 2.55 bits per heavy atom. The largest absolute Gasteiger partial charge is 0.353 e. The van der Waals surface area contributed by atoms with Gasteiger partial charge in [-0.15, -0.1) is 11.6 Å². The highest BCUT2D eigenvalue weighted by atomic mass is 35.5. The molecule has 1 saturated carbocycles. The van der Waals surface area contributed by atoms with Crippen molar-refractivity contribution >= 4 is 17.5 Å². The van der Waals surface area contributed by atoms with E-state index in [1.807, 2.05) is 0 Å². The Morgan fingerprint density at radius 1 is 1.25 bits per heavy atom. The third kappa shape index (κ3) is 3.69. The summed E-state index contributed by atoms with van der Waals surface area (Å²) in [5.74, 6) is -0.967. The fourth-order valence-electron chi connectivity index (χ4n) is 2.70. The van der Waals surface area contributed by atoms with Crippen LogP contribution in [0.25, 0.3) is 0 Å². The zero-order valence-corrected chi connectivity index (χ0v) is 11.9. The van der Waals surface area contributed by atoms with Gasteiger partial charge in [-0.3, -0.25) is 4.79 Å². The molecule has 1 fully saturated rings. The molecule has 0 radical (unpaired) electrons. The van der Waals surface area contributed by atoms with Crippen LogP contribution in [0.15, 0.2) is 18.2 Å². The van der Waals surface area contributed by atoms with Gasteiger partial charge in [-0.05, 0) is 30.9 Å². The molecule has 0 aromatic heterocycles. The number of halogens is 3. The monoisotopic (exact) mass is 301 g/mol. The fourth-order valence-corrected chi connectivity index (χ4v) is 3.07. The van der Waals surface area contributed by atoms with Crippen LogP contribution in [0, 0.1) is 17.6 Å². The third-order valence-electron chi connectivity index (χ3n) is 3.85. The Hall–Kier alpha value is -1.16. The molecule has 2 rings (SSSR count). The standard InChI is InChI=1S/C15H18ClF2NO/c16-9-10-4-1-2-7-14(10)19-15(20)8-11-12(17)5-3-6-13(11)18/h3,5-6,10,14H,1-2,4,7-9H2,(H,19,20). The molecule has 110 valence electrons. The molecular formula is C15H18ClF2NO. The number of hydrogen-bond acceptors (Lipinski definition) is 1. The van der Waals surface area contributed by atoms with Gasteiger partial charge in [-0.1, -0.05) is 18.9 Å². The van der Waals surface area contributed by atoms with Gasteiger partial charge < -0.3 is 5.32 Å². The van der Waals surface area contributed by atoms with Crippen LogP contribution in [0.5, 0.6) is 0 Å². The van der Waals surface area contributed by atoms with Crippen molar-refractivity contribution in [1.29, 1.82) is 0 Å². The van der Waals surface area contributed by atoms with Gasteiger partial charge in [0.25, 0.3) is 0 Å². The second-order valence-corrected chi connectivity index (χ2v) is 5.56.